The van der Waals surface area contributed by atoms with E-state index in [4.69, 9.17) is 9.84 Å². The van der Waals surface area contributed by atoms with E-state index < -0.39 is 17.7 Å². The third kappa shape index (κ3) is 5.99. The molecule has 1 rings (SSSR count). The van der Waals surface area contributed by atoms with Gasteiger partial charge in [0.15, 0.2) is 0 Å². The highest BCUT2D eigenvalue weighted by Crippen LogP contribution is 2.06. The van der Waals surface area contributed by atoms with Crippen LogP contribution in [0.2, 0.25) is 0 Å². The van der Waals surface area contributed by atoms with E-state index in [1.807, 2.05) is 0 Å². The van der Waals surface area contributed by atoms with Crippen molar-refractivity contribution in [2.75, 3.05) is 6.54 Å². The predicted octanol–water partition coefficient (Wildman–Crippen LogP) is 2.32. The van der Waals surface area contributed by atoms with Gasteiger partial charge in [-0.05, 0) is 32.4 Å². The minimum Gasteiger partial charge on any atom is -0.478 e. The molecule has 1 aromatic heterocycles. The number of rotatable bonds is 4. The Hall–Kier alpha value is -2.37. The smallest absolute Gasteiger partial charge is 0.407 e. The quantitative estimate of drug-likeness (QED) is 0.882. The third-order valence-corrected chi connectivity index (χ3v) is 2.08. The Labute approximate surface area is 117 Å². The van der Waals surface area contributed by atoms with Gasteiger partial charge in [-0.3, -0.25) is 4.98 Å². The van der Waals surface area contributed by atoms with E-state index in [-0.39, 0.29) is 12.1 Å². The normalized spacial score (nSPS) is 11.3. The summed E-state index contributed by atoms with van der Waals surface area (Å²) in [5.41, 5.74) is 0.233. The lowest BCUT2D eigenvalue weighted by Crippen LogP contribution is -2.32. The van der Waals surface area contributed by atoms with Crippen LogP contribution < -0.4 is 5.32 Å². The first-order chi connectivity index (χ1) is 9.28. The molecule has 6 nitrogen and oxygen atoms in total. The molecule has 108 valence electrons. The summed E-state index contributed by atoms with van der Waals surface area (Å²) in [5.74, 6) is -1.03. The van der Waals surface area contributed by atoms with Crippen LogP contribution in [0.3, 0.4) is 0 Å². The van der Waals surface area contributed by atoms with Gasteiger partial charge in [0.25, 0.3) is 0 Å². The van der Waals surface area contributed by atoms with Gasteiger partial charge < -0.3 is 15.2 Å². The second kappa shape index (κ2) is 6.70. The molecule has 0 atom stereocenters. The van der Waals surface area contributed by atoms with Crippen LogP contribution in [-0.2, 0) is 4.74 Å². The first kappa shape index (κ1) is 15.7. The standard InChI is InChI=1S/C14H18N2O4/c1-14(2,3)20-13(19)16-6-4-5-10-7-11(12(17)18)9-15-8-10/h4-5,7-9H,6H2,1-3H3,(H,16,19)(H,17,18). The molecule has 0 aliphatic rings. The van der Waals surface area contributed by atoms with Crippen LogP contribution >= 0.6 is 0 Å². The third-order valence-electron chi connectivity index (χ3n) is 2.08. The Kier molecular flexibility index (Phi) is 5.25. The fourth-order valence-corrected chi connectivity index (χ4v) is 1.32. The minimum absolute atomic E-state index is 0.118. The average Bonchev–Trinajstić information content (AvgIpc) is 2.33. The molecule has 0 aliphatic heterocycles. The Bertz CT molecular complexity index is 518. The Morgan fingerprint density at radius 3 is 2.70 bits per heavy atom. The molecule has 2 N–H and O–H groups in total. The monoisotopic (exact) mass is 278 g/mol. The van der Waals surface area contributed by atoms with Crippen LogP contribution in [0.5, 0.6) is 0 Å². The van der Waals surface area contributed by atoms with Crippen molar-refractivity contribution in [3.8, 4) is 0 Å². The fraction of sp³-hybridized carbons (Fsp3) is 0.357. The minimum atomic E-state index is -1.03. The molecule has 0 spiro atoms. The molecule has 1 aromatic rings. The Balaban J connectivity index is 2.47. The zero-order chi connectivity index (χ0) is 15.2. The molecule has 1 amide bonds. The van der Waals surface area contributed by atoms with E-state index in [2.05, 4.69) is 10.3 Å². The van der Waals surface area contributed by atoms with Crippen molar-refractivity contribution in [3.05, 3.63) is 35.7 Å². The van der Waals surface area contributed by atoms with Crippen molar-refractivity contribution in [2.24, 2.45) is 0 Å². The summed E-state index contributed by atoms with van der Waals surface area (Å²) in [7, 11) is 0. The molecule has 6 heteroatoms. The molecule has 0 saturated heterocycles. The number of carboxylic acid groups (broad SMARTS) is 1. The van der Waals surface area contributed by atoms with E-state index in [0.29, 0.717) is 5.56 Å². The summed E-state index contributed by atoms with van der Waals surface area (Å²) in [6.07, 6.45) is 5.68. The maximum absolute atomic E-state index is 11.4. The molecule has 0 unspecified atom stereocenters. The van der Waals surface area contributed by atoms with Crippen LogP contribution in [-0.4, -0.2) is 34.3 Å². The van der Waals surface area contributed by atoms with E-state index >= 15 is 0 Å². The molecule has 0 radical (unpaired) electrons. The summed E-state index contributed by atoms with van der Waals surface area (Å²) in [4.78, 5) is 25.9. The van der Waals surface area contributed by atoms with Crippen molar-refractivity contribution >= 4 is 18.1 Å². The zero-order valence-corrected chi connectivity index (χ0v) is 11.7. The highest BCUT2D eigenvalue weighted by Gasteiger charge is 2.14. The van der Waals surface area contributed by atoms with Gasteiger partial charge in [0, 0.05) is 18.9 Å². The van der Waals surface area contributed by atoms with Gasteiger partial charge in [-0.2, -0.15) is 0 Å². The van der Waals surface area contributed by atoms with Gasteiger partial charge in [0.05, 0.1) is 5.56 Å². The van der Waals surface area contributed by atoms with E-state index in [9.17, 15) is 9.59 Å². The molecule has 0 aromatic carbocycles. The lowest BCUT2D eigenvalue weighted by molar-refractivity contribution is 0.0533. The molecule has 1 heterocycles. The van der Waals surface area contributed by atoms with Crippen LogP contribution in [0.15, 0.2) is 24.5 Å². The van der Waals surface area contributed by atoms with Crippen LogP contribution in [0.25, 0.3) is 6.08 Å². The van der Waals surface area contributed by atoms with Gasteiger partial charge in [0.1, 0.15) is 5.60 Å². The number of aromatic carboxylic acids is 1. The first-order valence-corrected chi connectivity index (χ1v) is 6.10. The molecular weight excluding hydrogens is 260 g/mol. The van der Waals surface area contributed by atoms with Gasteiger partial charge in [-0.25, -0.2) is 9.59 Å². The Morgan fingerprint density at radius 1 is 1.40 bits per heavy atom. The summed E-state index contributed by atoms with van der Waals surface area (Å²) in [5, 5.41) is 11.4. The largest absolute Gasteiger partial charge is 0.478 e. The number of carbonyl (C=O) groups is 2. The fourth-order valence-electron chi connectivity index (χ4n) is 1.32. The van der Waals surface area contributed by atoms with Crippen LogP contribution in [0, 0.1) is 0 Å². The highest BCUT2D eigenvalue weighted by molar-refractivity contribution is 5.87. The van der Waals surface area contributed by atoms with Gasteiger partial charge in [0.2, 0.25) is 0 Å². The average molecular weight is 278 g/mol. The number of hydrogen-bond donors (Lipinski definition) is 2. The van der Waals surface area contributed by atoms with E-state index in [0.717, 1.165) is 0 Å². The number of alkyl carbamates (subject to hydrolysis) is 1. The number of pyridine rings is 1. The number of ether oxygens (including phenoxy) is 1. The summed E-state index contributed by atoms with van der Waals surface area (Å²) < 4.78 is 5.07. The molecular formula is C14H18N2O4. The summed E-state index contributed by atoms with van der Waals surface area (Å²) in [6.45, 7) is 5.63. The second-order valence-corrected chi connectivity index (χ2v) is 5.10. The lowest BCUT2D eigenvalue weighted by atomic mass is 10.2. The van der Waals surface area contributed by atoms with E-state index in [1.165, 1.54) is 18.5 Å². The lowest BCUT2D eigenvalue weighted by Gasteiger charge is -2.19. The number of nitrogens with zero attached hydrogens (tertiary/aromatic N) is 1. The first-order valence-electron chi connectivity index (χ1n) is 6.10. The zero-order valence-electron chi connectivity index (χ0n) is 11.7. The number of carboxylic acids is 1. The van der Waals surface area contributed by atoms with Gasteiger partial charge >= 0.3 is 12.1 Å². The van der Waals surface area contributed by atoms with Crippen LogP contribution in [0.1, 0.15) is 36.7 Å². The number of hydrogen-bond acceptors (Lipinski definition) is 4. The molecule has 20 heavy (non-hydrogen) atoms. The van der Waals surface area contributed by atoms with Crippen molar-refractivity contribution in [2.45, 2.75) is 26.4 Å². The molecule has 0 bridgehead atoms. The summed E-state index contributed by atoms with van der Waals surface area (Å²) in [6, 6.07) is 1.50. The van der Waals surface area contributed by atoms with Gasteiger partial charge in [-0.1, -0.05) is 12.2 Å². The van der Waals surface area contributed by atoms with Crippen molar-refractivity contribution < 1.29 is 19.4 Å². The maximum Gasteiger partial charge on any atom is 0.407 e. The van der Waals surface area contributed by atoms with E-state index in [1.54, 1.807) is 32.9 Å². The summed E-state index contributed by atoms with van der Waals surface area (Å²) >= 11 is 0. The maximum atomic E-state index is 11.4. The highest BCUT2D eigenvalue weighted by atomic mass is 16.6. The van der Waals surface area contributed by atoms with Crippen molar-refractivity contribution in [3.63, 3.8) is 0 Å². The number of nitrogens with one attached hydrogen (secondary N) is 1. The SMILES string of the molecule is CC(C)(C)OC(=O)NCC=Cc1cncc(C(=O)O)c1. The second-order valence-electron chi connectivity index (χ2n) is 5.10. The van der Waals surface area contributed by atoms with Gasteiger partial charge in [-0.15, -0.1) is 0 Å². The number of amides is 1. The number of aromatic nitrogens is 1. The molecule has 0 fully saturated rings. The van der Waals surface area contributed by atoms with Crippen molar-refractivity contribution in [1.82, 2.24) is 10.3 Å². The molecule has 0 saturated carbocycles. The predicted molar refractivity (Wildman–Crippen MR) is 74.5 cm³/mol. The Morgan fingerprint density at radius 2 is 2.10 bits per heavy atom. The van der Waals surface area contributed by atoms with Crippen LogP contribution in [0.4, 0.5) is 4.79 Å². The van der Waals surface area contributed by atoms with Crippen molar-refractivity contribution in [1.29, 1.82) is 0 Å². The topological polar surface area (TPSA) is 88.5 Å². The number of carbonyl (C=O) groups excluding carboxylic acids is 1. The molecule has 0 aliphatic carbocycles.